The Balaban J connectivity index is 1.77. The monoisotopic (exact) mass is 537 g/mol. The lowest BCUT2D eigenvalue weighted by Crippen LogP contribution is -2.34. The third-order valence-electron chi connectivity index (χ3n) is 6.79. The van der Waals surface area contributed by atoms with E-state index in [4.69, 9.17) is 5.11 Å². The van der Waals surface area contributed by atoms with E-state index in [0.717, 1.165) is 23.5 Å². The van der Waals surface area contributed by atoms with Crippen molar-refractivity contribution in [2.45, 2.75) is 31.9 Å². The molecule has 0 aromatic heterocycles. The minimum atomic E-state index is -4.85. The van der Waals surface area contributed by atoms with Crippen LogP contribution in [0.15, 0.2) is 48.5 Å². The van der Waals surface area contributed by atoms with Gasteiger partial charge in [-0.3, -0.25) is 9.59 Å². The first-order chi connectivity index (χ1) is 17.9. The van der Waals surface area contributed by atoms with Gasteiger partial charge in [-0.1, -0.05) is 25.1 Å². The molecule has 4 rings (SSSR count). The summed E-state index contributed by atoms with van der Waals surface area (Å²) in [5.41, 5.74) is -2.25. The highest BCUT2D eigenvalue weighted by Crippen LogP contribution is 2.44. The largest absolute Gasteiger partial charge is 0.417 e. The van der Waals surface area contributed by atoms with E-state index >= 15 is 8.78 Å². The second kappa shape index (κ2) is 10.7. The smallest absolute Gasteiger partial charge is 0.395 e. The molecule has 1 unspecified atom stereocenters. The maximum atomic E-state index is 15.2. The maximum Gasteiger partial charge on any atom is 0.417 e. The molecule has 0 bridgehead atoms. The minimum absolute atomic E-state index is 0.0264. The lowest BCUT2D eigenvalue weighted by atomic mass is 9.97. The molecule has 204 valence electrons. The van der Waals surface area contributed by atoms with Gasteiger partial charge < -0.3 is 20.2 Å². The lowest BCUT2D eigenvalue weighted by molar-refractivity contribution is -0.137. The molecule has 11 heteroatoms. The second-order valence-electron chi connectivity index (χ2n) is 9.57. The Hall–Kier alpha value is -3.47. The zero-order valence-electron chi connectivity index (χ0n) is 20.7. The summed E-state index contributed by atoms with van der Waals surface area (Å²) in [7, 11) is 0. The fourth-order valence-electron chi connectivity index (χ4n) is 4.86. The fraction of sp³-hybridized carbons (Fsp3) is 0.407. The van der Waals surface area contributed by atoms with E-state index in [1.807, 2.05) is 11.8 Å². The zero-order valence-corrected chi connectivity index (χ0v) is 20.7. The van der Waals surface area contributed by atoms with E-state index in [0.29, 0.717) is 30.8 Å². The molecule has 2 aromatic carbocycles. The van der Waals surface area contributed by atoms with E-state index in [9.17, 15) is 22.8 Å². The number of para-hydroxylation sites is 1. The van der Waals surface area contributed by atoms with Crippen LogP contribution < -0.4 is 15.1 Å². The first kappa shape index (κ1) is 27.6. The average molecular weight is 538 g/mol. The molecule has 1 saturated heterocycles. The number of hydrogen-bond acceptors (Lipinski definition) is 4. The SMILES string of the molecule is CC1CCN(c2ccc(C(=O)N3CCC(F)(F)/C(=C\C(=O)NCCO)c4ccccc43)c(C(F)(F)F)c2)C1. The molecule has 2 N–H and O–H groups in total. The molecule has 2 amide bonds. The Bertz CT molecular complexity index is 1240. The molecule has 1 fully saturated rings. The molecule has 1 atom stereocenters. The summed E-state index contributed by atoms with van der Waals surface area (Å²) in [5, 5.41) is 11.2. The van der Waals surface area contributed by atoms with E-state index < -0.39 is 53.6 Å². The van der Waals surface area contributed by atoms with Crippen LogP contribution in [0.2, 0.25) is 0 Å². The van der Waals surface area contributed by atoms with Crippen molar-refractivity contribution in [1.29, 1.82) is 0 Å². The van der Waals surface area contributed by atoms with Gasteiger partial charge in [0.15, 0.2) is 0 Å². The van der Waals surface area contributed by atoms with Crippen LogP contribution in [-0.2, 0) is 11.0 Å². The standard InChI is InChI=1S/C27H28F5N3O3/c1-17-8-11-34(16-17)18-6-7-20(22(14-18)27(30,31)32)25(38)35-12-9-26(28,29)21(15-24(37)33-10-13-36)19-4-2-3-5-23(19)35/h2-7,14-15,17,36H,8-13,16H2,1H3,(H,33,37)/b21-15-. The molecule has 2 aromatic rings. The van der Waals surface area contributed by atoms with Crippen molar-refractivity contribution in [3.05, 3.63) is 65.2 Å². The van der Waals surface area contributed by atoms with E-state index in [1.165, 1.54) is 30.3 Å². The Kier molecular flexibility index (Phi) is 7.78. The molecule has 38 heavy (non-hydrogen) atoms. The number of halogens is 5. The van der Waals surface area contributed by atoms with Crippen LogP contribution >= 0.6 is 0 Å². The van der Waals surface area contributed by atoms with Crippen molar-refractivity contribution < 1.29 is 36.6 Å². The summed E-state index contributed by atoms with van der Waals surface area (Å²) in [6.07, 6.45) is -4.21. The lowest BCUT2D eigenvalue weighted by Gasteiger charge is -2.26. The van der Waals surface area contributed by atoms with Gasteiger partial charge in [0.2, 0.25) is 5.91 Å². The van der Waals surface area contributed by atoms with E-state index in [1.54, 1.807) is 0 Å². The fourth-order valence-corrected chi connectivity index (χ4v) is 4.86. The van der Waals surface area contributed by atoms with Crippen LogP contribution in [0.3, 0.4) is 0 Å². The normalized spacial score (nSPS) is 20.3. The van der Waals surface area contributed by atoms with Crippen molar-refractivity contribution in [3.8, 4) is 0 Å². The van der Waals surface area contributed by atoms with Gasteiger partial charge in [-0.25, -0.2) is 8.78 Å². The van der Waals surface area contributed by atoms with Gasteiger partial charge in [-0.2, -0.15) is 13.2 Å². The quantitative estimate of drug-likeness (QED) is 0.428. The zero-order chi connectivity index (χ0) is 27.7. The van der Waals surface area contributed by atoms with E-state index in [-0.39, 0.29) is 24.4 Å². The number of carbonyl (C=O) groups is 2. The van der Waals surface area contributed by atoms with Crippen LogP contribution in [0.4, 0.5) is 33.3 Å². The van der Waals surface area contributed by atoms with Crippen molar-refractivity contribution in [1.82, 2.24) is 5.32 Å². The number of amides is 2. The van der Waals surface area contributed by atoms with Gasteiger partial charge in [0.05, 0.1) is 23.4 Å². The molecule has 0 radical (unpaired) electrons. The summed E-state index contributed by atoms with van der Waals surface area (Å²) in [4.78, 5) is 28.5. The second-order valence-corrected chi connectivity index (χ2v) is 9.57. The number of nitrogens with one attached hydrogen (secondary N) is 1. The predicted molar refractivity (Wildman–Crippen MR) is 133 cm³/mol. The average Bonchev–Trinajstić information content (AvgIpc) is 3.27. The third-order valence-corrected chi connectivity index (χ3v) is 6.79. The number of rotatable bonds is 5. The Morgan fingerprint density at radius 1 is 1.16 bits per heavy atom. The third kappa shape index (κ3) is 5.67. The van der Waals surface area contributed by atoms with Crippen molar-refractivity contribution in [2.24, 2.45) is 5.92 Å². The van der Waals surface area contributed by atoms with Crippen LogP contribution in [0.1, 0.15) is 41.3 Å². The maximum absolute atomic E-state index is 15.2. The Labute approximate surface area is 216 Å². The van der Waals surface area contributed by atoms with Crippen LogP contribution in [-0.4, -0.2) is 55.6 Å². The van der Waals surface area contributed by atoms with Gasteiger partial charge in [0.25, 0.3) is 11.8 Å². The first-order valence-electron chi connectivity index (χ1n) is 12.3. The molecular formula is C27H28F5N3O3. The molecule has 2 aliphatic rings. The number of aliphatic hydroxyl groups excluding tert-OH is 1. The highest BCUT2D eigenvalue weighted by molar-refractivity contribution is 6.10. The van der Waals surface area contributed by atoms with Gasteiger partial charge >= 0.3 is 6.18 Å². The molecule has 2 aliphatic heterocycles. The molecule has 2 heterocycles. The van der Waals surface area contributed by atoms with Crippen LogP contribution in [0, 0.1) is 5.92 Å². The highest BCUT2D eigenvalue weighted by atomic mass is 19.4. The van der Waals surface area contributed by atoms with Crippen molar-refractivity contribution in [2.75, 3.05) is 42.6 Å². The van der Waals surface area contributed by atoms with Crippen LogP contribution in [0.5, 0.6) is 0 Å². The first-order valence-corrected chi connectivity index (χ1v) is 12.3. The molecular weight excluding hydrogens is 509 g/mol. The number of benzene rings is 2. The number of aliphatic hydroxyl groups is 1. The number of hydrogen-bond donors (Lipinski definition) is 2. The Morgan fingerprint density at radius 3 is 2.55 bits per heavy atom. The summed E-state index contributed by atoms with van der Waals surface area (Å²) in [6, 6.07) is 9.08. The molecule has 0 spiro atoms. The summed E-state index contributed by atoms with van der Waals surface area (Å²) in [5.74, 6) is -5.15. The number of alkyl halides is 5. The number of nitrogens with zero attached hydrogens (tertiary/aromatic N) is 2. The molecule has 6 nitrogen and oxygen atoms in total. The van der Waals surface area contributed by atoms with Crippen LogP contribution in [0.25, 0.3) is 5.57 Å². The van der Waals surface area contributed by atoms with Gasteiger partial charge in [0.1, 0.15) is 0 Å². The van der Waals surface area contributed by atoms with E-state index in [2.05, 4.69) is 5.32 Å². The summed E-state index contributed by atoms with van der Waals surface area (Å²) < 4.78 is 72.9. The molecule has 0 saturated carbocycles. The highest BCUT2D eigenvalue weighted by Gasteiger charge is 2.43. The number of fused-ring (bicyclic) bond motifs is 1. The van der Waals surface area contributed by atoms with Crippen molar-refractivity contribution >= 4 is 28.8 Å². The number of anilines is 2. The van der Waals surface area contributed by atoms with Gasteiger partial charge in [-0.05, 0) is 36.6 Å². The number of carbonyl (C=O) groups excluding carboxylic acids is 2. The minimum Gasteiger partial charge on any atom is -0.395 e. The predicted octanol–water partition coefficient (Wildman–Crippen LogP) is 4.73. The number of allylic oxidation sites excluding steroid dienone is 1. The van der Waals surface area contributed by atoms with Gasteiger partial charge in [-0.15, -0.1) is 0 Å². The topological polar surface area (TPSA) is 72.9 Å². The van der Waals surface area contributed by atoms with Gasteiger partial charge in [0, 0.05) is 55.5 Å². The molecule has 0 aliphatic carbocycles. The Morgan fingerprint density at radius 2 is 1.89 bits per heavy atom. The van der Waals surface area contributed by atoms with Crippen molar-refractivity contribution in [3.63, 3.8) is 0 Å². The summed E-state index contributed by atoms with van der Waals surface area (Å²) in [6.45, 7) is 2.10. The summed E-state index contributed by atoms with van der Waals surface area (Å²) >= 11 is 0.